The summed E-state index contributed by atoms with van der Waals surface area (Å²) in [5.74, 6) is 0.0773. The zero-order valence-corrected chi connectivity index (χ0v) is 15.3. The van der Waals surface area contributed by atoms with Crippen molar-refractivity contribution in [3.05, 3.63) is 48.0 Å². The van der Waals surface area contributed by atoms with Gasteiger partial charge in [0.2, 0.25) is 11.9 Å². The number of nitrogens with zero attached hydrogens (tertiary/aromatic N) is 6. The van der Waals surface area contributed by atoms with Crippen LogP contribution in [0.3, 0.4) is 0 Å². The normalized spacial score (nSPS) is 11.2. The van der Waals surface area contributed by atoms with E-state index in [4.69, 9.17) is 0 Å². The van der Waals surface area contributed by atoms with E-state index in [2.05, 4.69) is 35.5 Å². The lowest BCUT2D eigenvalue weighted by molar-refractivity contribution is -0.115. The van der Waals surface area contributed by atoms with Gasteiger partial charge in [0.05, 0.1) is 11.3 Å². The molecule has 0 aliphatic rings. The van der Waals surface area contributed by atoms with Crippen LogP contribution in [0, 0.1) is 6.92 Å². The van der Waals surface area contributed by atoms with Crippen LogP contribution in [0.4, 0.5) is 11.6 Å². The monoisotopic (exact) mass is 388 g/mol. The number of rotatable bonds is 6. The molecule has 0 aliphatic heterocycles. The molecule has 0 atom stereocenters. The first-order chi connectivity index (χ1) is 12.8. The lowest BCUT2D eigenvalue weighted by Crippen LogP contribution is -2.18. The van der Waals surface area contributed by atoms with Gasteiger partial charge in [-0.1, -0.05) is 0 Å². The maximum atomic E-state index is 12.4. The molecule has 2 aromatic heterocycles. The smallest absolute Gasteiger partial charge is 0.264 e. The number of hydrogen-bond donors (Lipinski definition) is 2. The summed E-state index contributed by atoms with van der Waals surface area (Å²) in [6.45, 7) is 1.73. The van der Waals surface area contributed by atoms with Crippen LogP contribution in [0.1, 0.15) is 11.5 Å². The van der Waals surface area contributed by atoms with Crippen molar-refractivity contribution in [2.24, 2.45) is 7.05 Å². The van der Waals surface area contributed by atoms with Crippen molar-refractivity contribution in [3.8, 4) is 0 Å². The molecule has 0 saturated heterocycles. The Bertz CT molecular complexity index is 1060. The van der Waals surface area contributed by atoms with Gasteiger partial charge in [-0.2, -0.15) is 0 Å². The number of benzene rings is 1. The molecule has 3 aromatic rings. The zero-order valence-electron chi connectivity index (χ0n) is 14.5. The molecule has 0 saturated carbocycles. The van der Waals surface area contributed by atoms with E-state index < -0.39 is 10.0 Å². The van der Waals surface area contributed by atoms with Crippen LogP contribution in [0.5, 0.6) is 0 Å². The second kappa shape index (κ2) is 7.45. The lowest BCUT2D eigenvalue weighted by Gasteiger charge is -2.08. The van der Waals surface area contributed by atoms with Crippen molar-refractivity contribution in [2.75, 3.05) is 10.0 Å². The zero-order chi connectivity index (χ0) is 19.4. The highest BCUT2D eigenvalue weighted by Crippen LogP contribution is 2.16. The topological polar surface area (TPSA) is 145 Å². The van der Waals surface area contributed by atoms with Gasteiger partial charge < -0.3 is 5.32 Å². The fraction of sp³-hybridized carbons (Fsp3) is 0.200. The Kier molecular flexibility index (Phi) is 5.07. The highest BCUT2D eigenvalue weighted by molar-refractivity contribution is 7.92. The van der Waals surface area contributed by atoms with Crippen LogP contribution >= 0.6 is 0 Å². The van der Waals surface area contributed by atoms with Gasteiger partial charge in [-0.3, -0.25) is 4.79 Å². The number of anilines is 2. The lowest BCUT2D eigenvalue weighted by atomic mass is 10.3. The number of aromatic nitrogens is 6. The third-order valence-electron chi connectivity index (χ3n) is 3.50. The first kappa shape index (κ1) is 18.4. The molecule has 3 rings (SSSR count). The molecule has 1 aromatic carbocycles. The van der Waals surface area contributed by atoms with E-state index in [1.807, 2.05) is 0 Å². The van der Waals surface area contributed by atoms with Gasteiger partial charge in [-0.15, -0.1) is 5.10 Å². The van der Waals surface area contributed by atoms with Gasteiger partial charge in [0.15, 0.2) is 5.82 Å². The molecule has 2 heterocycles. The highest BCUT2D eigenvalue weighted by atomic mass is 32.2. The van der Waals surface area contributed by atoms with E-state index in [0.717, 1.165) is 0 Å². The van der Waals surface area contributed by atoms with Crippen LogP contribution in [0.25, 0.3) is 0 Å². The van der Waals surface area contributed by atoms with Gasteiger partial charge in [-0.05, 0) is 47.7 Å². The Morgan fingerprint density at radius 3 is 2.56 bits per heavy atom. The first-order valence-corrected chi connectivity index (χ1v) is 9.25. The Labute approximate surface area is 154 Å². The van der Waals surface area contributed by atoms with E-state index in [1.165, 1.54) is 35.1 Å². The number of carbonyl (C=O) groups is 1. The van der Waals surface area contributed by atoms with Gasteiger partial charge in [-0.25, -0.2) is 27.8 Å². The molecular formula is C15H16N8O3S. The number of hydrogen-bond acceptors (Lipinski definition) is 8. The number of tetrazole rings is 1. The number of nitrogens with one attached hydrogen (secondary N) is 2. The summed E-state index contributed by atoms with van der Waals surface area (Å²) in [7, 11) is -2.21. The number of carbonyl (C=O) groups excluding carboxylic acids is 1. The van der Waals surface area contributed by atoms with Crippen LogP contribution in [0.2, 0.25) is 0 Å². The van der Waals surface area contributed by atoms with Crippen molar-refractivity contribution >= 4 is 27.6 Å². The number of amides is 1. The SMILES string of the molecule is Cc1ccnc(NS(=O)(=O)c2ccc(NC(=O)Cc3nnnn3C)cc2)n1. The maximum Gasteiger partial charge on any atom is 0.264 e. The van der Waals surface area contributed by atoms with Crippen LogP contribution < -0.4 is 10.0 Å². The summed E-state index contributed by atoms with van der Waals surface area (Å²) in [5, 5.41) is 13.5. The van der Waals surface area contributed by atoms with Gasteiger partial charge in [0.1, 0.15) is 0 Å². The molecule has 27 heavy (non-hydrogen) atoms. The minimum absolute atomic E-state index is 0.00416. The Balaban J connectivity index is 1.67. The van der Waals surface area contributed by atoms with Crippen molar-refractivity contribution in [3.63, 3.8) is 0 Å². The van der Waals surface area contributed by atoms with E-state index in [1.54, 1.807) is 20.0 Å². The van der Waals surface area contributed by atoms with Gasteiger partial charge >= 0.3 is 0 Å². The van der Waals surface area contributed by atoms with E-state index in [9.17, 15) is 13.2 Å². The third kappa shape index (κ3) is 4.61. The third-order valence-corrected chi connectivity index (χ3v) is 4.84. The molecule has 12 heteroatoms. The predicted molar refractivity (Wildman–Crippen MR) is 95.2 cm³/mol. The Morgan fingerprint density at radius 2 is 1.93 bits per heavy atom. The van der Waals surface area contributed by atoms with Gasteiger partial charge in [0, 0.05) is 24.6 Å². The molecule has 0 spiro atoms. The van der Waals surface area contributed by atoms with Crippen molar-refractivity contribution in [1.82, 2.24) is 30.2 Å². The molecule has 0 aliphatic carbocycles. The first-order valence-electron chi connectivity index (χ1n) is 7.77. The summed E-state index contributed by atoms with van der Waals surface area (Å²) in [4.78, 5) is 19.9. The standard InChI is InChI=1S/C15H16N8O3S/c1-10-7-8-16-15(17-10)20-27(25,26)12-5-3-11(4-6-12)18-14(24)9-13-19-21-22-23(13)2/h3-8H,9H2,1-2H3,(H,18,24)(H,16,17,20). The Hall–Kier alpha value is -3.41. The molecule has 140 valence electrons. The van der Waals surface area contributed by atoms with E-state index in [-0.39, 0.29) is 23.2 Å². The number of aryl methyl sites for hydroxylation is 2. The van der Waals surface area contributed by atoms with Crippen LogP contribution in [-0.4, -0.2) is 44.5 Å². The van der Waals surface area contributed by atoms with Gasteiger partial charge in [0.25, 0.3) is 10.0 Å². The number of sulfonamides is 1. The second-order valence-corrected chi connectivity index (χ2v) is 7.28. The molecule has 1 amide bonds. The molecule has 0 bridgehead atoms. The second-order valence-electron chi connectivity index (χ2n) is 5.60. The van der Waals surface area contributed by atoms with Crippen molar-refractivity contribution in [1.29, 1.82) is 0 Å². The predicted octanol–water partition coefficient (Wildman–Crippen LogP) is 0.291. The molecule has 0 unspecified atom stereocenters. The maximum absolute atomic E-state index is 12.4. The summed E-state index contributed by atoms with van der Waals surface area (Å²) >= 11 is 0. The molecule has 11 nitrogen and oxygen atoms in total. The largest absolute Gasteiger partial charge is 0.326 e. The summed E-state index contributed by atoms with van der Waals surface area (Å²) < 4.78 is 28.5. The molecule has 2 N–H and O–H groups in total. The average molecular weight is 388 g/mol. The minimum Gasteiger partial charge on any atom is -0.326 e. The van der Waals surface area contributed by atoms with Crippen LogP contribution in [-0.2, 0) is 28.3 Å². The van der Waals surface area contributed by atoms with E-state index in [0.29, 0.717) is 17.2 Å². The average Bonchev–Trinajstić information content (AvgIpc) is 2.99. The van der Waals surface area contributed by atoms with E-state index >= 15 is 0 Å². The fourth-order valence-electron chi connectivity index (χ4n) is 2.14. The summed E-state index contributed by atoms with van der Waals surface area (Å²) in [6.07, 6.45) is 1.46. The molecule has 0 fully saturated rings. The van der Waals surface area contributed by atoms with Crippen LogP contribution in [0.15, 0.2) is 41.4 Å². The quantitative estimate of drug-likeness (QED) is 0.613. The molecular weight excluding hydrogens is 372 g/mol. The minimum atomic E-state index is -3.84. The highest BCUT2D eigenvalue weighted by Gasteiger charge is 2.16. The fourth-order valence-corrected chi connectivity index (χ4v) is 3.09. The van der Waals surface area contributed by atoms with Crippen molar-refractivity contribution < 1.29 is 13.2 Å². The summed E-state index contributed by atoms with van der Waals surface area (Å²) in [6, 6.07) is 7.37. The Morgan fingerprint density at radius 1 is 1.19 bits per heavy atom. The van der Waals surface area contributed by atoms with Crippen molar-refractivity contribution in [2.45, 2.75) is 18.2 Å². The molecule has 0 radical (unpaired) electrons. The summed E-state index contributed by atoms with van der Waals surface area (Å²) in [5.41, 5.74) is 1.08.